The zero-order chi connectivity index (χ0) is 71.9. The Kier molecular flexibility index (Phi) is 20.6. The Balaban J connectivity index is 0.000000193. The summed E-state index contributed by atoms with van der Waals surface area (Å²) in [7, 11) is 1.21. The molecule has 3 aromatic rings. The first-order valence-corrected chi connectivity index (χ1v) is 38.0. The number of allylic oxidation sites excluding steroid dienone is 4. The molecule has 7 heterocycles. The Hall–Kier alpha value is -5.66. The van der Waals surface area contributed by atoms with Crippen LogP contribution in [0.5, 0.6) is 5.75 Å². The number of rotatable bonds is 15. The number of aromatic amines is 1. The van der Waals surface area contributed by atoms with E-state index in [4.69, 9.17) is 46.7 Å². The molecule has 2 unspecified atom stereocenters. The number of para-hydroxylation sites is 1. The number of hydrogen-bond donors (Lipinski definition) is 6. The van der Waals surface area contributed by atoms with E-state index >= 15 is 4.79 Å². The predicted molar refractivity (Wildman–Crippen MR) is 374 cm³/mol. The maximum Gasteiger partial charge on any atom is 0.344 e. The predicted octanol–water partition coefficient (Wildman–Crippen LogP) is 7.17. The van der Waals surface area contributed by atoms with Gasteiger partial charge < -0.3 is 53.8 Å². The highest BCUT2D eigenvalue weighted by atomic mass is 35.5. The third kappa shape index (κ3) is 11.2. The number of piperidine rings is 1. The Morgan fingerprint density at radius 3 is 2.28 bits per heavy atom. The first-order chi connectivity index (χ1) is 47.7. The number of nitrogens with zero attached hydrogens (tertiary/aromatic N) is 4. The number of ketones is 3. The molecule has 0 radical (unpaired) electrons. The minimum absolute atomic E-state index is 0.0206. The molecule has 14 rings (SSSR count). The number of esters is 3. The number of anilines is 1. The molecule has 1 amide bonds. The standard InChI is InChI=1S/C46H56N4O10.C21H26O5.C7H15Cl2N2O2P/c1-7-42(55)22-28-23-45(40(53)58-5,36-30(16-20-48(24-28)25-42)29-12-9-10-13-33(29)47-36)32-15-14-31-34(35(32)57-4)50(26-51)38-44(31)18-21-49-19-11-17-43(8-2,37(44)49)39(60-27(3)52)46(38,56)41(54)59-6;1-19-7-5-13(23)9-12(19)3-4-14-15-6-8-21(26,17(25)11-22)20(15,2)10-16(24)18(14)19;8-2-5-11(6-3-9)14(12)10-4-1-7-13-14/h9-15,17,26,28,37-39,47,55-56H,7-8,16,18-25H2,1-6H3;5,7,9,14-15,18,22,26H,3-4,6,8,10-11H2,1-2H3;1-7H2,(H,10,12)/t28-,37-,38+,39+,42-,43+,44+,45-,46-;14-,15-,18+,19-,20-,21-;/m00./s1. The summed E-state index contributed by atoms with van der Waals surface area (Å²) in [5.41, 5.74) is -5.19. The van der Waals surface area contributed by atoms with E-state index in [0.717, 1.165) is 47.8 Å². The van der Waals surface area contributed by atoms with E-state index in [1.54, 1.807) is 16.8 Å². The van der Waals surface area contributed by atoms with Gasteiger partial charge in [0.1, 0.15) is 29.2 Å². The number of nitrogens with one attached hydrogen (secondary N) is 2. The van der Waals surface area contributed by atoms with E-state index in [2.05, 4.69) is 19.9 Å². The van der Waals surface area contributed by atoms with Gasteiger partial charge in [-0.3, -0.25) is 43.1 Å². The number of methoxy groups -OCH3 is 3. The average Bonchev–Trinajstić information content (AvgIpc) is 1.46. The van der Waals surface area contributed by atoms with Gasteiger partial charge in [0.05, 0.1) is 45.3 Å². The van der Waals surface area contributed by atoms with Crippen LogP contribution in [-0.2, 0) is 74.1 Å². The number of halogens is 2. The minimum Gasteiger partial charge on any atom is -0.494 e. The molecule has 11 aliphatic rings. The Morgan fingerprint density at radius 1 is 0.900 bits per heavy atom. The largest absolute Gasteiger partial charge is 0.494 e. The van der Waals surface area contributed by atoms with E-state index in [1.165, 1.54) is 33.2 Å². The van der Waals surface area contributed by atoms with Crippen molar-refractivity contribution in [2.24, 2.45) is 39.9 Å². The summed E-state index contributed by atoms with van der Waals surface area (Å²) >= 11 is 11.2. The molecule has 4 saturated carbocycles. The van der Waals surface area contributed by atoms with Gasteiger partial charge in [-0.15, -0.1) is 23.2 Å². The van der Waals surface area contributed by atoms with Crippen LogP contribution in [0.15, 0.2) is 72.4 Å². The lowest BCUT2D eigenvalue weighted by Crippen LogP contribution is -2.81. The molecule has 26 heteroatoms. The van der Waals surface area contributed by atoms with Crippen molar-refractivity contribution in [3.05, 3.63) is 94.7 Å². The molecule has 2 aromatic carbocycles. The van der Waals surface area contributed by atoms with Crippen LogP contribution >= 0.6 is 30.9 Å². The summed E-state index contributed by atoms with van der Waals surface area (Å²) < 4.78 is 43.0. The van der Waals surface area contributed by atoms with Crippen LogP contribution in [0, 0.1) is 39.9 Å². The summed E-state index contributed by atoms with van der Waals surface area (Å²) in [5.74, 6) is -1.95. The van der Waals surface area contributed by atoms with Crippen LogP contribution in [0.3, 0.4) is 0 Å². The summed E-state index contributed by atoms with van der Waals surface area (Å²) in [5, 5.41) is 49.6. The molecular weight excluding hydrogens is 1350 g/mol. The van der Waals surface area contributed by atoms with E-state index < -0.39 is 100 Å². The number of alkyl halides is 2. The van der Waals surface area contributed by atoms with Crippen LogP contribution in [0.25, 0.3) is 10.9 Å². The lowest BCUT2D eigenvalue weighted by Gasteiger charge is -2.63. The monoisotopic (exact) mass is 1440 g/mol. The summed E-state index contributed by atoms with van der Waals surface area (Å²) in [4.78, 5) is 104. The van der Waals surface area contributed by atoms with Crippen LogP contribution in [-0.4, -0.2) is 215 Å². The number of Topliss-reactive ketones (excluding diaryl/α,β-unsaturated/α-hetero) is 2. The molecule has 6 N–H and O–H groups in total. The fourth-order valence-corrected chi connectivity index (χ4v) is 24.0. The van der Waals surface area contributed by atoms with Gasteiger partial charge in [-0.2, -0.15) is 0 Å². The molecule has 100 heavy (non-hydrogen) atoms. The third-order valence-corrected chi connectivity index (χ3v) is 28.1. The maximum absolute atomic E-state index is 15.2. The van der Waals surface area contributed by atoms with E-state index in [0.29, 0.717) is 138 Å². The zero-order valence-electron chi connectivity index (χ0n) is 58.5. The quantitative estimate of drug-likeness (QED) is 0.0219. The van der Waals surface area contributed by atoms with Crippen molar-refractivity contribution >= 4 is 89.1 Å². The number of hydrogen-bond acceptors (Lipinski definition) is 19. The number of aliphatic hydroxyl groups excluding tert-OH is 1. The molecule has 5 aliphatic carbocycles. The molecule has 1 spiro atoms. The van der Waals surface area contributed by atoms with Gasteiger partial charge in [0.15, 0.2) is 17.7 Å². The Labute approximate surface area is 594 Å². The number of ether oxygens (including phenoxy) is 4. The molecule has 1 aromatic heterocycles. The van der Waals surface area contributed by atoms with Crippen LogP contribution < -0.4 is 14.7 Å². The second-order valence-corrected chi connectivity index (χ2v) is 33.0. The third-order valence-electron chi connectivity index (χ3n) is 25.5. The van der Waals surface area contributed by atoms with E-state index in [1.807, 2.05) is 82.3 Å². The van der Waals surface area contributed by atoms with Crippen molar-refractivity contribution in [2.45, 2.75) is 157 Å². The first kappa shape index (κ1) is 74.1. The number of H-pyrrole nitrogens is 1. The SMILES string of the molecule is CC[C@]1(O)C[C@@H]2CN(CCc3c([nH]c4ccccc34)[C@@](C(=O)OC)(c3ccc4c(c3OC)N(C=O)[C@H]3[C@@](O)(C(=O)OC)[C@H](OC(C)=O)[C@]5(CC)C=CCN6CC[C@]43[C@@H]65)C2)C1.C[C@]12C=CC(=O)C=C1CC[C@@H]1[C@@H]2C(=O)C[C@@]2(C)[C@H]1CC[C@]2(O)C(=O)CO.O=P1(N(CCCl)CCCl)NCCCO1. The fourth-order valence-electron chi connectivity index (χ4n) is 21.3. The second kappa shape index (κ2) is 27.8. The molecule has 7 fully saturated rings. The first-order valence-electron chi connectivity index (χ1n) is 35.4. The van der Waals surface area contributed by atoms with Gasteiger partial charge >= 0.3 is 25.6 Å². The number of benzene rings is 2. The van der Waals surface area contributed by atoms with Crippen molar-refractivity contribution in [1.82, 2.24) is 24.5 Å². The number of aliphatic hydroxyl groups is 4. The molecule has 23 nitrogen and oxygen atoms in total. The number of amides is 1. The lowest BCUT2D eigenvalue weighted by molar-refractivity contribution is -0.228. The zero-order valence-corrected chi connectivity index (χ0v) is 60.9. The molecule has 3 saturated heterocycles. The van der Waals surface area contributed by atoms with Crippen molar-refractivity contribution in [1.29, 1.82) is 0 Å². The van der Waals surface area contributed by atoms with E-state index in [9.17, 15) is 53.8 Å². The van der Waals surface area contributed by atoms with Crippen molar-refractivity contribution in [2.75, 3.05) is 104 Å². The van der Waals surface area contributed by atoms with Gasteiger partial charge in [-0.05, 0) is 124 Å². The van der Waals surface area contributed by atoms with Crippen LogP contribution in [0.4, 0.5) is 5.69 Å². The highest BCUT2D eigenvalue weighted by Gasteiger charge is 2.81. The van der Waals surface area contributed by atoms with Crippen LogP contribution in [0.2, 0.25) is 0 Å². The molecule has 17 atom stereocenters. The maximum atomic E-state index is 15.2. The van der Waals surface area contributed by atoms with Gasteiger partial charge in [-0.25, -0.2) is 14.6 Å². The molecule has 6 aliphatic heterocycles. The Morgan fingerprint density at radius 2 is 1.63 bits per heavy atom. The number of fused-ring (bicyclic) bond motifs is 11. The van der Waals surface area contributed by atoms with Gasteiger partial charge in [0.2, 0.25) is 12.0 Å². The van der Waals surface area contributed by atoms with Gasteiger partial charge in [0.25, 0.3) is 0 Å². The van der Waals surface area contributed by atoms with Gasteiger partial charge in [0, 0.05) is 127 Å². The lowest BCUT2D eigenvalue weighted by atomic mass is 9.46. The highest BCUT2D eigenvalue weighted by molar-refractivity contribution is 7.54. The summed E-state index contributed by atoms with van der Waals surface area (Å²) in [6.07, 6.45) is 14.5. The van der Waals surface area contributed by atoms with Gasteiger partial charge in [-0.1, -0.05) is 81.8 Å². The highest BCUT2D eigenvalue weighted by Crippen LogP contribution is 2.70. The second-order valence-electron chi connectivity index (χ2n) is 30.0. The average molecular weight is 1440 g/mol. The summed E-state index contributed by atoms with van der Waals surface area (Å²) in [6, 6.07) is 10.1. The molecule has 544 valence electrons. The van der Waals surface area contributed by atoms with Crippen LogP contribution in [0.1, 0.15) is 128 Å². The topological polar surface area (TPSA) is 304 Å². The minimum atomic E-state index is -2.84. The molecule has 2 bridgehead atoms. The van der Waals surface area contributed by atoms with Crippen molar-refractivity contribution < 1.29 is 82.0 Å². The number of aromatic nitrogens is 1. The van der Waals surface area contributed by atoms with E-state index in [-0.39, 0.29) is 53.8 Å². The normalized spacial score (nSPS) is 38.1. The summed E-state index contributed by atoms with van der Waals surface area (Å²) in [6.45, 7) is 13.7. The smallest absolute Gasteiger partial charge is 0.344 e. The molecular formula is C74H97Cl2N6O17P. The number of carbonyl (C=O) groups excluding carboxylic acids is 7. The fraction of sp³-hybridized carbons (Fsp3) is 0.635. The number of carbonyl (C=O) groups is 7. The van der Waals surface area contributed by atoms with Crippen molar-refractivity contribution in [3.63, 3.8) is 0 Å². The Bertz CT molecular complexity index is 3890. The van der Waals surface area contributed by atoms with Crippen molar-refractivity contribution in [3.8, 4) is 5.75 Å².